The highest BCUT2D eigenvalue weighted by Crippen LogP contribution is 2.18. The second-order valence-corrected chi connectivity index (χ2v) is 3.81. The molecule has 78 valence electrons. The Labute approximate surface area is 85.6 Å². The molecule has 2 nitrogen and oxygen atoms in total. The molecule has 0 spiro atoms. The van der Waals surface area contributed by atoms with Crippen LogP contribution in [0, 0.1) is 5.92 Å². The first-order valence-corrected chi connectivity index (χ1v) is 5.35. The second-order valence-electron chi connectivity index (χ2n) is 3.25. The molecule has 0 rings (SSSR count). The number of carbonyl (C=O) groups excluding carboxylic acids is 1. The monoisotopic (exact) mass is 206 g/mol. The minimum absolute atomic E-state index is 0.0920. The zero-order valence-corrected chi connectivity index (χ0v) is 9.43. The normalized spacial score (nSPS) is 15.1. The molecular weight excluding hydrogens is 188 g/mol. The summed E-state index contributed by atoms with van der Waals surface area (Å²) in [5.74, 6) is 0.326. The van der Waals surface area contributed by atoms with Gasteiger partial charge in [0, 0.05) is 11.8 Å². The van der Waals surface area contributed by atoms with Crippen molar-refractivity contribution in [3.63, 3.8) is 0 Å². The number of alkyl halides is 1. The molecule has 3 heteroatoms. The predicted molar refractivity (Wildman–Crippen MR) is 55.0 cm³/mol. The molecule has 0 N–H and O–H groups in total. The molecule has 0 aliphatic rings. The smallest absolute Gasteiger partial charge is 0.305 e. The summed E-state index contributed by atoms with van der Waals surface area (Å²) in [5.41, 5.74) is 0. The Morgan fingerprint density at radius 1 is 1.46 bits per heavy atom. The van der Waals surface area contributed by atoms with Crippen molar-refractivity contribution >= 4 is 17.6 Å². The quantitative estimate of drug-likeness (QED) is 0.494. The number of esters is 1. The van der Waals surface area contributed by atoms with E-state index in [0.29, 0.717) is 18.9 Å². The van der Waals surface area contributed by atoms with Crippen LogP contribution in [0.2, 0.25) is 0 Å². The van der Waals surface area contributed by atoms with Crippen LogP contribution in [0.5, 0.6) is 0 Å². The van der Waals surface area contributed by atoms with Gasteiger partial charge in [0.15, 0.2) is 0 Å². The highest BCUT2D eigenvalue weighted by molar-refractivity contribution is 6.20. The van der Waals surface area contributed by atoms with Crippen LogP contribution in [0.1, 0.15) is 40.0 Å². The van der Waals surface area contributed by atoms with E-state index >= 15 is 0 Å². The first-order valence-electron chi connectivity index (χ1n) is 4.91. The summed E-state index contributed by atoms with van der Waals surface area (Å²) in [6.45, 7) is 6.47. The number of rotatable bonds is 6. The van der Waals surface area contributed by atoms with Gasteiger partial charge in [-0.1, -0.05) is 20.3 Å². The topological polar surface area (TPSA) is 26.3 Å². The van der Waals surface area contributed by atoms with Crippen LogP contribution >= 0.6 is 11.6 Å². The number of hydrogen-bond donors (Lipinski definition) is 0. The molecule has 2 atom stereocenters. The molecule has 0 aromatic rings. The highest BCUT2D eigenvalue weighted by Gasteiger charge is 2.14. The van der Waals surface area contributed by atoms with E-state index in [4.69, 9.17) is 16.3 Å². The van der Waals surface area contributed by atoms with Gasteiger partial charge in [0.2, 0.25) is 0 Å². The minimum Gasteiger partial charge on any atom is -0.466 e. The summed E-state index contributed by atoms with van der Waals surface area (Å²) < 4.78 is 4.81. The van der Waals surface area contributed by atoms with Crippen LogP contribution in [-0.4, -0.2) is 18.0 Å². The van der Waals surface area contributed by atoms with E-state index in [9.17, 15) is 4.79 Å². The van der Waals surface area contributed by atoms with Gasteiger partial charge in [-0.25, -0.2) is 0 Å². The molecule has 13 heavy (non-hydrogen) atoms. The fourth-order valence-electron chi connectivity index (χ4n) is 1.03. The molecule has 0 saturated heterocycles. The lowest BCUT2D eigenvalue weighted by Crippen LogP contribution is -2.13. The molecule has 2 unspecified atom stereocenters. The van der Waals surface area contributed by atoms with Gasteiger partial charge in [0.05, 0.1) is 6.61 Å². The van der Waals surface area contributed by atoms with Crippen molar-refractivity contribution in [1.29, 1.82) is 0 Å². The molecule has 0 radical (unpaired) electrons. The predicted octanol–water partition coefficient (Wildman–Crippen LogP) is 2.98. The van der Waals surface area contributed by atoms with Crippen LogP contribution in [0.15, 0.2) is 0 Å². The van der Waals surface area contributed by atoms with Crippen LogP contribution in [0.3, 0.4) is 0 Å². The van der Waals surface area contributed by atoms with E-state index < -0.39 is 0 Å². The average Bonchev–Trinajstić information content (AvgIpc) is 2.13. The summed E-state index contributed by atoms with van der Waals surface area (Å²) >= 11 is 6.07. The number of halogens is 1. The third-order valence-electron chi connectivity index (χ3n) is 2.19. The molecule has 0 heterocycles. The summed E-state index contributed by atoms with van der Waals surface area (Å²) in [4.78, 5) is 11.0. The van der Waals surface area contributed by atoms with Gasteiger partial charge in [-0.2, -0.15) is 0 Å². The van der Waals surface area contributed by atoms with E-state index in [-0.39, 0.29) is 11.3 Å². The Kier molecular flexibility index (Phi) is 7.06. The molecule has 0 bridgehead atoms. The lowest BCUT2D eigenvalue weighted by atomic mass is 10.0. The number of hydrogen-bond acceptors (Lipinski definition) is 2. The van der Waals surface area contributed by atoms with Crippen molar-refractivity contribution < 1.29 is 9.53 Å². The Morgan fingerprint density at radius 2 is 2.08 bits per heavy atom. The van der Waals surface area contributed by atoms with Crippen LogP contribution in [-0.2, 0) is 9.53 Å². The molecule has 0 fully saturated rings. The van der Waals surface area contributed by atoms with E-state index in [1.165, 1.54) is 0 Å². The van der Waals surface area contributed by atoms with Gasteiger partial charge < -0.3 is 4.74 Å². The fraction of sp³-hybridized carbons (Fsp3) is 0.900. The Hall–Kier alpha value is -0.240. The van der Waals surface area contributed by atoms with E-state index in [1.807, 2.05) is 6.92 Å². The molecule has 0 aliphatic heterocycles. The first kappa shape index (κ1) is 12.8. The van der Waals surface area contributed by atoms with Crippen molar-refractivity contribution in [2.24, 2.45) is 5.92 Å². The van der Waals surface area contributed by atoms with Gasteiger partial charge >= 0.3 is 5.97 Å². The lowest BCUT2D eigenvalue weighted by Gasteiger charge is -2.15. The van der Waals surface area contributed by atoms with Crippen molar-refractivity contribution in [1.82, 2.24) is 0 Å². The summed E-state index contributed by atoms with van der Waals surface area (Å²) in [7, 11) is 0. The second kappa shape index (κ2) is 7.19. The Balaban J connectivity index is 3.57. The van der Waals surface area contributed by atoms with Crippen molar-refractivity contribution in [2.75, 3.05) is 6.61 Å². The van der Waals surface area contributed by atoms with Crippen molar-refractivity contribution in [2.45, 2.75) is 45.4 Å². The van der Waals surface area contributed by atoms with Crippen LogP contribution < -0.4 is 0 Å². The third-order valence-corrected chi connectivity index (χ3v) is 2.84. The summed E-state index contributed by atoms with van der Waals surface area (Å²) in [6.07, 6.45) is 2.21. The zero-order chi connectivity index (χ0) is 10.3. The van der Waals surface area contributed by atoms with Gasteiger partial charge in [0.25, 0.3) is 0 Å². The molecule has 0 aromatic heterocycles. The maximum Gasteiger partial charge on any atom is 0.305 e. The number of carbonyl (C=O) groups is 1. The molecule has 0 saturated carbocycles. The van der Waals surface area contributed by atoms with Crippen LogP contribution in [0.4, 0.5) is 0 Å². The van der Waals surface area contributed by atoms with Gasteiger partial charge in [0.1, 0.15) is 0 Å². The van der Waals surface area contributed by atoms with Crippen molar-refractivity contribution in [3.8, 4) is 0 Å². The SMILES string of the molecule is CCOC(=O)CCC(Cl)C(C)CC. The lowest BCUT2D eigenvalue weighted by molar-refractivity contribution is -0.143. The molecular formula is C10H19ClO2. The minimum atomic E-state index is -0.142. The maximum absolute atomic E-state index is 11.0. The third kappa shape index (κ3) is 5.92. The first-order chi connectivity index (χ1) is 6.11. The van der Waals surface area contributed by atoms with Crippen LogP contribution in [0.25, 0.3) is 0 Å². The molecule has 0 aliphatic carbocycles. The molecule has 0 amide bonds. The van der Waals surface area contributed by atoms with E-state index in [0.717, 1.165) is 12.8 Å². The summed E-state index contributed by atoms with van der Waals surface area (Å²) in [5, 5.41) is 0.0920. The Morgan fingerprint density at radius 3 is 2.54 bits per heavy atom. The Bertz CT molecular complexity index is 148. The van der Waals surface area contributed by atoms with Gasteiger partial charge in [-0.05, 0) is 19.3 Å². The fourth-order valence-corrected chi connectivity index (χ4v) is 1.32. The average molecular weight is 207 g/mol. The molecule has 0 aromatic carbocycles. The van der Waals surface area contributed by atoms with E-state index in [2.05, 4.69) is 13.8 Å². The number of ether oxygens (including phenoxy) is 1. The van der Waals surface area contributed by atoms with Gasteiger partial charge in [-0.3, -0.25) is 4.79 Å². The standard InChI is InChI=1S/C10H19ClO2/c1-4-8(3)9(11)6-7-10(12)13-5-2/h8-9H,4-7H2,1-3H3. The largest absolute Gasteiger partial charge is 0.466 e. The summed E-state index contributed by atoms with van der Waals surface area (Å²) in [6, 6.07) is 0. The van der Waals surface area contributed by atoms with Gasteiger partial charge in [-0.15, -0.1) is 11.6 Å². The van der Waals surface area contributed by atoms with E-state index in [1.54, 1.807) is 0 Å². The maximum atomic E-state index is 11.0. The van der Waals surface area contributed by atoms with Crippen molar-refractivity contribution in [3.05, 3.63) is 0 Å². The highest BCUT2D eigenvalue weighted by atomic mass is 35.5. The zero-order valence-electron chi connectivity index (χ0n) is 8.68.